The van der Waals surface area contributed by atoms with Crippen LogP contribution in [0.4, 0.5) is 17.1 Å². The number of nitro benzene ring substituents is 2. The second kappa shape index (κ2) is 9.88. The summed E-state index contributed by atoms with van der Waals surface area (Å²) in [6, 6.07) is 15.4. The number of halogens is 2. The van der Waals surface area contributed by atoms with Gasteiger partial charge in [0.1, 0.15) is 18.0 Å². The highest BCUT2D eigenvalue weighted by atomic mass is 35.5. The topological polar surface area (TPSA) is 120 Å². The molecule has 9 nitrogen and oxygen atoms in total. The van der Waals surface area contributed by atoms with Gasteiger partial charge in [0.15, 0.2) is 0 Å². The van der Waals surface area contributed by atoms with Crippen molar-refractivity contribution >= 4 is 46.5 Å². The van der Waals surface area contributed by atoms with E-state index < -0.39 is 15.5 Å². The highest BCUT2D eigenvalue weighted by Crippen LogP contribution is 2.29. The van der Waals surface area contributed by atoms with E-state index in [1.54, 1.807) is 42.5 Å². The van der Waals surface area contributed by atoms with Crippen molar-refractivity contribution in [3.63, 3.8) is 0 Å². The Kier molecular flexibility index (Phi) is 7.01. The number of non-ortho nitro benzene ring substituents is 1. The molecule has 3 rings (SSSR count). The minimum atomic E-state index is -0.721. The number of hydrogen-bond donors (Lipinski definition) is 1. The average molecular weight is 461 g/mol. The van der Waals surface area contributed by atoms with Crippen LogP contribution in [0.2, 0.25) is 10.0 Å². The van der Waals surface area contributed by atoms with Crippen LogP contribution in [0, 0.1) is 20.2 Å². The molecule has 0 saturated heterocycles. The zero-order valence-corrected chi connectivity index (χ0v) is 17.2. The lowest BCUT2D eigenvalue weighted by atomic mass is 10.2. The zero-order valence-electron chi connectivity index (χ0n) is 15.7. The molecule has 0 amide bonds. The van der Waals surface area contributed by atoms with Crippen LogP contribution in [0.3, 0.4) is 0 Å². The van der Waals surface area contributed by atoms with Crippen molar-refractivity contribution in [2.24, 2.45) is 5.10 Å². The monoisotopic (exact) mass is 460 g/mol. The van der Waals surface area contributed by atoms with E-state index in [1.165, 1.54) is 12.3 Å². The molecule has 0 aliphatic carbocycles. The third-order valence-corrected chi connectivity index (χ3v) is 4.64. The lowest BCUT2D eigenvalue weighted by molar-refractivity contribution is -0.393. The molecule has 0 aliphatic heterocycles. The van der Waals surface area contributed by atoms with Crippen molar-refractivity contribution in [3.8, 4) is 5.75 Å². The van der Waals surface area contributed by atoms with Gasteiger partial charge in [-0.1, -0.05) is 41.4 Å². The van der Waals surface area contributed by atoms with Gasteiger partial charge in [0.2, 0.25) is 0 Å². The molecular formula is C20H14Cl2N4O5. The summed E-state index contributed by atoms with van der Waals surface area (Å²) in [6.07, 6.45) is 1.44. The lowest BCUT2D eigenvalue weighted by Gasteiger charge is -2.08. The van der Waals surface area contributed by atoms with E-state index in [9.17, 15) is 20.2 Å². The number of hydrazone groups is 1. The van der Waals surface area contributed by atoms with Crippen molar-refractivity contribution < 1.29 is 14.6 Å². The molecular weight excluding hydrogens is 447 g/mol. The second-order valence-electron chi connectivity index (χ2n) is 6.18. The summed E-state index contributed by atoms with van der Waals surface area (Å²) in [7, 11) is 0. The largest absolute Gasteiger partial charge is 0.489 e. The Balaban J connectivity index is 1.68. The molecule has 0 heterocycles. The quantitative estimate of drug-likeness (QED) is 0.256. The van der Waals surface area contributed by atoms with Crippen LogP contribution in [-0.2, 0) is 6.61 Å². The predicted octanol–water partition coefficient (Wildman–Crippen LogP) is 5.83. The lowest BCUT2D eigenvalue weighted by Crippen LogP contribution is -1.99. The number of anilines is 1. The molecule has 0 aliphatic rings. The van der Waals surface area contributed by atoms with Gasteiger partial charge in [-0.05, 0) is 35.9 Å². The van der Waals surface area contributed by atoms with Crippen LogP contribution >= 0.6 is 23.2 Å². The molecule has 3 aromatic carbocycles. The van der Waals surface area contributed by atoms with E-state index >= 15 is 0 Å². The normalized spacial score (nSPS) is 10.8. The van der Waals surface area contributed by atoms with Crippen LogP contribution in [-0.4, -0.2) is 16.1 Å². The van der Waals surface area contributed by atoms with Gasteiger partial charge in [-0.15, -0.1) is 0 Å². The van der Waals surface area contributed by atoms with Crippen LogP contribution in [0.5, 0.6) is 5.75 Å². The molecule has 0 spiro atoms. The van der Waals surface area contributed by atoms with Gasteiger partial charge in [-0.3, -0.25) is 25.7 Å². The first kappa shape index (κ1) is 22.0. The van der Waals surface area contributed by atoms with E-state index in [-0.39, 0.29) is 18.0 Å². The number of nitro groups is 2. The molecule has 0 radical (unpaired) electrons. The molecule has 31 heavy (non-hydrogen) atoms. The summed E-state index contributed by atoms with van der Waals surface area (Å²) < 4.78 is 5.74. The molecule has 11 heteroatoms. The first-order valence-corrected chi connectivity index (χ1v) is 9.48. The summed E-state index contributed by atoms with van der Waals surface area (Å²) in [5.74, 6) is 0.566. The number of nitrogens with zero attached hydrogens (tertiary/aromatic N) is 3. The molecule has 0 bridgehead atoms. The summed E-state index contributed by atoms with van der Waals surface area (Å²) in [4.78, 5) is 20.5. The summed E-state index contributed by atoms with van der Waals surface area (Å²) in [5.41, 5.74) is 3.16. The van der Waals surface area contributed by atoms with Crippen LogP contribution < -0.4 is 10.2 Å². The Morgan fingerprint density at radius 3 is 2.52 bits per heavy atom. The maximum absolute atomic E-state index is 11.2. The van der Waals surface area contributed by atoms with Gasteiger partial charge in [0, 0.05) is 21.7 Å². The zero-order chi connectivity index (χ0) is 22.4. The molecule has 3 aromatic rings. The Labute approximate surface area is 186 Å². The Morgan fingerprint density at radius 2 is 1.81 bits per heavy atom. The molecule has 0 atom stereocenters. The van der Waals surface area contributed by atoms with Gasteiger partial charge in [0.05, 0.1) is 22.1 Å². The summed E-state index contributed by atoms with van der Waals surface area (Å²) in [6.45, 7) is 0.240. The molecule has 1 N–H and O–H groups in total. The van der Waals surface area contributed by atoms with Gasteiger partial charge in [-0.2, -0.15) is 5.10 Å². The molecule has 0 fully saturated rings. The number of nitrogens with one attached hydrogen (secondary N) is 1. The van der Waals surface area contributed by atoms with Crippen LogP contribution in [0.15, 0.2) is 65.8 Å². The Hall–Kier alpha value is -3.69. The Morgan fingerprint density at radius 1 is 1.00 bits per heavy atom. The van der Waals surface area contributed by atoms with E-state index in [4.69, 9.17) is 27.9 Å². The summed E-state index contributed by atoms with van der Waals surface area (Å²) >= 11 is 12.0. The van der Waals surface area contributed by atoms with Crippen molar-refractivity contribution in [2.45, 2.75) is 6.61 Å². The number of ether oxygens (including phenoxy) is 1. The molecule has 0 saturated carbocycles. The van der Waals surface area contributed by atoms with Gasteiger partial charge < -0.3 is 4.74 Å². The first-order chi connectivity index (χ1) is 14.8. The number of rotatable bonds is 8. The molecule has 0 unspecified atom stereocenters. The fourth-order valence-electron chi connectivity index (χ4n) is 2.54. The highest BCUT2D eigenvalue weighted by molar-refractivity contribution is 6.35. The summed E-state index contributed by atoms with van der Waals surface area (Å²) in [5, 5.41) is 27.0. The van der Waals surface area contributed by atoms with Gasteiger partial charge in [0.25, 0.3) is 5.69 Å². The van der Waals surface area contributed by atoms with Crippen molar-refractivity contribution in [3.05, 3.63) is 102 Å². The number of benzene rings is 3. The maximum atomic E-state index is 11.2. The Bertz CT molecular complexity index is 1170. The van der Waals surface area contributed by atoms with Crippen LogP contribution in [0.25, 0.3) is 0 Å². The van der Waals surface area contributed by atoms with Crippen molar-refractivity contribution in [1.82, 2.24) is 0 Å². The predicted molar refractivity (Wildman–Crippen MR) is 118 cm³/mol. The standard InChI is InChI=1S/C20H14Cl2N4O5/c21-15-5-4-14(18(22)9-15)12-31-17-3-1-2-13(8-17)11-23-24-19-7-6-16(25(27)28)10-20(19)26(29)30/h1-11,24H,12H2/b23-11+. The van der Waals surface area contributed by atoms with Crippen molar-refractivity contribution in [2.75, 3.05) is 5.43 Å². The minimum absolute atomic E-state index is 0.0247. The fourth-order valence-corrected chi connectivity index (χ4v) is 3.00. The van der Waals surface area contributed by atoms with E-state index in [2.05, 4.69) is 10.5 Å². The smallest absolute Gasteiger partial charge is 0.301 e. The van der Waals surface area contributed by atoms with E-state index in [1.807, 2.05) is 0 Å². The third kappa shape index (κ3) is 5.91. The van der Waals surface area contributed by atoms with Gasteiger partial charge >= 0.3 is 5.69 Å². The van der Waals surface area contributed by atoms with Crippen LogP contribution in [0.1, 0.15) is 11.1 Å². The number of hydrogen-bond acceptors (Lipinski definition) is 7. The average Bonchev–Trinajstić information content (AvgIpc) is 2.73. The fraction of sp³-hybridized carbons (Fsp3) is 0.0500. The van der Waals surface area contributed by atoms with E-state index in [0.29, 0.717) is 21.4 Å². The first-order valence-electron chi connectivity index (χ1n) is 8.72. The molecule has 158 valence electrons. The molecule has 0 aromatic heterocycles. The van der Waals surface area contributed by atoms with Crippen molar-refractivity contribution in [1.29, 1.82) is 0 Å². The highest BCUT2D eigenvalue weighted by Gasteiger charge is 2.19. The van der Waals surface area contributed by atoms with E-state index in [0.717, 1.165) is 17.7 Å². The second-order valence-corrected chi connectivity index (χ2v) is 7.03. The maximum Gasteiger partial charge on any atom is 0.301 e. The minimum Gasteiger partial charge on any atom is -0.489 e. The van der Waals surface area contributed by atoms with Gasteiger partial charge in [-0.25, -0.2) is 0 Å². The SMILES string of the molecule is O=[N+]([O-])c1ccc(N/N=C/c2cccc(OCc3ccc(Cl)cc3Cl)c2)c([N+](=O)[O-])c1. The third-order valence-electron chi connectivity index (χ3n) is 4.05.